The molecular formula is C22H28N4O2. The Kier molecular flexibility index (Phi) is 5.08. The number of hydrogen-bond acceptors (Lipinski definition) is 4. The molecule has 1 aromatic carbocycles. The molecular weight excluding hydrogens is 352 g/mol. The van der Waals surface area contributed by atoms with E-state index in [1.54, 1.807) is 6.07 Å². The van der Waals surface area contributed by atoms with Crippen LogP contribution in [0.1, 0.15) is 35.7 Å². The molecule has 0 radical (unpaired) electrons. The molecule has 6 heteroatoms. The van der Waals surface area contributed by atoms with Crippen molar-refractivity contribution in [2.75, 3.05) is 33.7 Å². The van der Waals surface area contributed by atoms with Crippen LogP contribution in [0, 0.1) is 5.92 Å². The van der Waals surface area contributed by atoms with Crippen LogP contribution in [0.25, 0.3) is 0 Å². The van der Waals surface area contributed by atoms with Crippen molar-refractivity contribution >= 4 is 5.91 Å². The summed E-state index contributed by atoms with van der Waals surface area (Å²) in [7, 11) is 4.05. The van der Waals surface area contributed by atoms with Crippen molar-refractivity contribution in [1.29, 1.82) is 0 Å². The summed E-state index contributed by atoms with van der Waals surface area (Å²) in [5.74, 6) is 0.398. The fraction of sp³-hybridized carbons (Fsp3) is 0.455. The molecule has 1 fully saturated rings. The van der Waals surface area contributed by atoms with Crippen molar-refractivity contribution < 1.29 is 4.79 Å². The van der Waals surface area contributed by atoms with Crippen LogP contribution in [0.4, 0.5) is 0 Å². The molecule has 1 amide bonds. The molecule has 0 saturated carbocycles. The molecule has 4 rings (SSSR count). The number of carbonyl (C=O) groups is 1. The number of pyridine rings is 1. The lowest BCUT2D eigenvalue weighted by Crippen LogP contribution is -2.54. The molecule has 0 spiro atoms. The maximum atomic E-state index is 13.2. The molecule has 2 N–H and O–H groups in total. The first kappa shape index (κ1) is 18.9. The molecule has 28 heavy (non-hydrogen) atoms. The Hall–Kier alpha value is -2.44. The van der Waals surface area contributed by atoms with Crippen LogP contribution >= 0.6 is 0 Å². The fourth-order valence-electron chi connectivity index (χ4n) is 4.83. The zero-order valence-electron chi connectivity index (χ0n) is 16.5. The lowest BCUT2D eigenvalue weighted by molar-refractivity contribution is -0.136. The molecule has 6 nitrogen and oxygen atoms in total. The highest BCUT2D eigenvalue weighted by molar-refractivity contribution is 5.83. The van der Waals surface area contributed by atoms with Gasteiger partial charge in [-0.1, -0.05) is 36.4 Å². The van der Waals surface area contributed by atoms with Crippen LogP contribution in [0.3, 0.4) is 0 Å². The quantitative estimate of drug-likeness (QED) is 0.875. The standard InChI is InChI=1S/C22H28N4O2/c1-24(2)14-19-17-11-16(18-9-6-10-20(27)26(18)19)12-25(13-17)22(28)21(23)15-7-4-3-5-8-15/h3-10,16-17,19,21H,11-14,23H2,1-2H3/t16-,17+,19+,21-/m1/s1. The summed E-state index contributed by atoms with van der Waals surface area (Å²) < 4.78 is 1.97. The van der Waals surface area contributed by atoms with Gasteiger partial charge >= 0.3 is 0 Å². The molecule has 1 saturated heterocycles. The minimum absolute atomic E-state index is 0.0313. The topological polar surface area (TPSA) is 71.6 Å². The Morgan fingerprint density at radius 2 is 1.89 bits per heavy atom. The Balaban J connectivity index is 1.65. The van der Waals surface area contributed by atoms with E-state index in [-0.39, 0.29) is 29.3 Å². The number of hydrogen-bond donors (Lipinski definition) is 1. The van der Waals surface area contributed by atoms with Crippen molar-refractivity contribution in [2.45, 2.75) is 24.4 Å². The average Bonchev–Trinajstić information content (AvgIpc) is 2.70. The summed E-state index contributed by atoms with van der Waals surface area (Å²) in [6, 6.07) is 14.5. The van der Waals surface area contributed by atoms with E-state index in [1.807, 2.05) is 66.0 Å². The largest absolute Gasteiger partial charge is 0.340 e. The summed E-state index contributed by atoms with van der Waals surface area (Å²) in [5.41, 5.74) is 8.24. The number of likely N-dealkylation sites (N-methyl/N-ethyl adjacent to an activating group) is 1. The van der Waals surface area contributed by atoms with Crippen molar-refractivity contribution in [3.8, 4) is 0 Å². The smallest absolute Gasteiger partial charge is 0.251 e. The maximum absolute atomic E-state index is 13.2. The first-order valence-corrected chi connectivity index (χ1v) is 9.91. The third-order valence-corrected chi connectivity index (χ3v) is 6.09. The number of aromatic nitrogens is 1. The molecule has 148 valence electrons. The molecule has 4 atom stereocenters. The van der Waals surface area contributed by atoms with Crippen molar-refractivity contribution in [2.24, 2.45) is 11.7 Å². The first-order chi connectivity index (χ1) is 13.5. The number of amides is 1. The van der Waals surface area contributed by atoms with Gasteiger partial charge in [0, 0.05) is 37.3 Å². The van der Waals surface area contributed by atoms with E-state index in [9.17, 15) is 9.59 Å². The van der Waals surface area contributed by atoms with Gasteiger partial charge in [0.2, 0.25) is 5.91 Å². The molecule has 2 aromatic rings. The normalized spacial score (nSPS) is 24.7. The molecule has 0 aliphatic carbocycles. The van der Waals surface area contributed by atoms with Gasteiger partial charge in [-0.3, -0.25) is 9.59 Å². The first-order valence-electron chi connectivity index (χ1n) is 9.91. The minimum Gasteiger partial charge on any atom is -0.340 e. The number of carbonyl (C=O) groups excluding carboxylic acids is 1. The van der Waals surface area contributed by atoms with E-state index in [0.29, 0.717) is 13.1 Å². The molecule has 2 aliphatic rings. The van der Waals surface area contributed by atoms with Crippen molar-refractivity contribution in [1.82, 2.24) is 14.4 Å². The number of benzene rings is 1. The van der Waals surface area contributed by atoms with Gasteiger partial charge in [-0.25, -0.2) is 0 Å². The highest BCUT2D eigenvalue weighted by Gasteiger charge is 2.42. The molecule has 0 unspecified atom stereocenters. The third kappa shape index (κ3) is 3.38. The average molecular weight is 380 g/mol. The highest BCUT2D eigenvalue weighted by atomic mass is 16.2. The summed E-state index contributed by atoms with van der Waals surface area (Å²) in [6.45, 7) is 2.05. The van der Waals surface area contributed by atoms with Crippen LogP contribution in [0.2, 0.25) is 0 Å². The number of nitrogens with zero attached hydrogens (tertiary/aromatic N) is 3. The monoisotopic (exact) mass is 380 g/mol. The van der Waals surface area contributed by atoms with E-state index in [4.69, 9.17) is 5.73 Å². The summed E-state index contributed by atoms with van der Waals surface area (Å²) in [6.07, 6.45) is 1.01. The molecule has 2 bridgehead atoms. The van der Waals surface area contributed by atoms with Gasteiger partial charge in [0.15, 0.2) is 0 Å². The van der Waals surface area contributed by atoms with E-state index >= 15 is 0 Å². The second kappa shape index (κ2) is 7.53. The Morgan fingerprint density at radius 1 is 1.14 bits per heavy atom. The number of piperidine rings is 1. The summed E-state index contributed by atoms with van der Waals surface area (Å²) in [5, 5.41) is 0. The van der Waals surface area contributed by atoms with Crippen molar-refractivity contribution in [3.05, 3.63) is 70.1 Å². The highest BCUT2D eigenvalue weighted by Crippen LogP contribution is 2.41. The van der Waals surface area contributed by atoms with Gasteiger partial charge in [-0.15, -0.1) is 0 Å². The summed E-state index contributed by atoms with van der Waals surface area (Å²) >= 11 is 0. The van der Waals surface area contributed by atoms with Crippen LogP contribution in [0.15, 0.2) is 53.3 Å². The van der Waals surface area contributed by atoms with Gasteiger partial charge in [0.25, 0.3) is 5.56 Å². The Bertz CT molecular complexity index is 908. The maximum Gasteiger partial charge on any atom is 0.251 e. The number of rotatable bonds is 4. The number of fused-ring (bicyclic) bond motifs is 4. The Morgan fingerprint density at radius 3 is 2.61 bits per heavy atom. The van der Waals surface area contributed by atoms with Gasteiger partial charge in [-0.05, 0) is 38.1 Å². The SMILES string of the molecule is CN(C)C[C@H]1[C@H]2C[C@H](CN(C(=O)[C@H](N)c3ccccc3)C2)c2cccc(=O)n21. The van der Waals surface area contributed by atoms with E-state index in [1.165, 1.54) is 0 Å². The van der Waals surface area contributed by atoms with E-state index in [0.717, 1.165) is 24.2 Å². The lowest BCUT2D eigenvalue weighted by Gasteiger charge is -2.48. The lowest BCUT2D eigenvalue weighted by atomic mass is 9.78. The molecule has 1 aromatic heterocycles. The predicted octanol–water partition coefficient (Wildman–Crippen LogP) is 1.60. The van der Waals surface area contributed by atoms with Crippen LogP contribution in [0.5, 0.6) is 0 Å². The fourth-order valence-corrected chi connectivity index (χ4v) is 4.83. The summed E-state index contributed by atoms with van der Waals surface area (Å²) in [4.78, 5) is 29.8. The predicted molar refractivity (Wildman–Crippen MR) is 109 cm³/mol. The van der Waals surface area contributed by atoms with E-state index in [2.05, 4.69) is 4.90 Å². The van der Waals surface area contributed by atoms with Gasteiger partial charge in [0.1, 0.15) is 6.04 Å². The number of likely N-dealkylation sites (tertiary alicyclic amines) is 1. The zero-order valence-corrected chi connectivity index (χ0v) is 16.5. The minimum atomic E-state index is -0.648. The number of nitrogens with two attached hydrogens (primary N) is 1. The Labute approximate surface area is 165 Å². The second-order valence-electron chi connectivity index (χ2n) is 8.31. The zero-order chi connectivity index (χ0) is 19.8. The molecule has 3 heterocycles. The van der Waals surface area contributed by atoms with Crippen molar-refractivity contribution in [3.63, 3.8) is 0 Å². The van der Waals surface area contributed by atoms with Gasteiger partial charge in [-0.2, -0.15) is 0 Å². The molecule has 2 aliphatic heterocycles. The van der Waals surface area contributed by atoms with Gasteiger partial charge in [0.05, 0.1) is 6.04 Å². The van der Waals surface area contributed by atoms with Crippen LogP contribution < -0.4 is 11.3 Å². The van der Waals surface area contributed by atoms with Crippen LogP contribution in [-0.4, -0.2) is 54.0 Å². The van der Waals surface area contributed by atoms with E-state index < -0.39 is 6.04 Å². The van der Waals surface area contributed by atoms with Gasteiger partial charge < -0.3 is 20.1 Å². The van der Waals surface area contributed by atoms with Crippen LogP contribution in [-0.2, 0) is 4.79 Å². The second-order valence-corrected chi connectivity index (χ2v) is 8.31. The third-order valence-electron chi connectivity index (χ3n) is 6.09.